The molecule has 2 amide bonds. The van der Waals surface area contributed by atoms with E-state index in [1.54, 1.807) is 18.2 Å². The highest BCUT2D eigenvalue weighted by Crippen LogP contribution is 2.30. The highest BCUT2D eigenvalue weighted by molar-refractivity contribution is 5.90. The number of benzene rings is 3. The molecule has 0 heterocycles. The van der Waals surface area contributed by atoms with Gasteiger partial charge >= 0.3 is 5.97 Å². The molecule has 0 fully saturated rings. The Balaban J connectivity index is 1.78. The van der Waals surface area contributed by atoms with Gasteiger partial charge in [-0.3, -0.25) is 9.59 Å². The second-order valence-electron chi connectivity index (χ2n) is 9.82. The zero-order chi connectivity index (χ0) is 28.2. The van der Waals surface area contributed by atoms with Crippen molar-refractivity contribution in [3.63, 3.8) is 0 Å². The molecule has 0 aliphatic heterocycles. The topological polar surface area (TPSA) is 114 Å². The first-order valence-corrected chi connectivity index (χ1v) is 13.0. The maximum Gasteiger partial charge on any atom is 0.326 e. The fraction of sp³-hybridized carbons (Fsp3) is 0.323. The number of hydrogen-bond donors (Lipinski definition) is 3. The number of nitrogens with one attached hydrogen (secondary N) is 2. The number of carboxylic acid groups (broad SMARTS) is 1. The molecule has 206 valence electrons. The van der Waals surface area contributed by atoms with E-state index in [4.69, 9.17) is 9.47 Å². The van der Waals surface area contributed by atoms with Crippen molar-refractivity contribution in [2.75, 3.05) is 0 Å². The molecule has 0 spiro atoms. The third kappa shape index (κ3) is 9.81. The highest BCUT2D eigenvalue weighted by atomic mass is 16.5. The second-order valence-corrected chi connectivity index (χ2v) is 9.82. The van der Waals surface area contributed by atoms with Crippen molar-refractivity contribution >= 4 is 17.8 Å². The van der Waals surface area contributed by atoms with Crippen LogP contribution in [0.3, 0.4) is 0 Å². The standard InChI is InChI=1S/C31H36N2O6/c1-21(2)16-26(32-22(3)34)30(35)33-27(31(36)37)17-25-14-15-28(38-19-23-10-6-4-7-11-23)29(18-25)39-20-24-12-8-5-9-13-24/h4-15,18,21,26-27H,16-17,19-20H2,1-3H3,(H,32,34)(H,33,35)(H,36,37)/t26-,27-/m0/s1. The van der Waals surface area contributed by atoms with Gasteiger partial charge in [0.15, 0.2) is 11.5 Å². The summed E-state index contributed by atoms with van der Waals surface area (Å²) in [6.45, 7) is 5.83. The fourth-order valence-corrected chi connectivity index (χ4v) is 4.04. The van der Waals surface area contributed by atoms with Crippen LogP contribution in [0.15, 0.2) is 78.9 Å². The number of aliphatic carboxylic acids is 1. The first-order valence-electron chi connectivity index (χ1n) is 13.0. The Labute approximate surface area is 229 Å². The first-order chi connectivity index (χ1) is 18.7. The minimum Gasteiger partial charge on any atom is -0.485 e. The van der Waals surface area contributed by atoms with E-state index in [0.717, 1.165) is 11.1 Å². The summed E-state index contributed by atoms with van der Waals surface area (Å²) in [5, 5.41) is 15.1. The zero-order valence-corrected chi connectivity index (χ0v) is 22.6. The molecular formula is C31H36N2O6. The lowest BCUT2D eigenvalue weighted by atomic mass is 10.0. The van der Waals surface area contributed by atoms with Crippen LogP contribution in [0, 0.1) is 5.92 Å². The van der Waals surface area contributed by atoms with Crippen molar-refractivity contribution in [1.82, 2.24) is 10.6 Å². The average molecular weight is 533 g/mol. The maximum absolute atomic E-state index is 12.9. The lowest BCUT2D eigenvalue weighted by Gasteiger charge is -2.22. The largest absolute Gasteiger partial charge is 0.485 e. The summed E-state index contributed by atoms with van der Waals surface area (Å²) in [5.41, 5.74) is 2.62. The molecular weight excluding hydrogens is 496 g/mol. The molecule has 3 rings (SSSR count). The predicted molar refractivity (Wildman–Crippen MR) is 148 cm³/mol. The number of carbonyl (C=O) groups excluding carboxylic acids is 2. The van der Waals surface area contributed by atoms with Gasteiger partial charge < -0.3 is 25.2 Å². The van der Waals surface area contributed by atoms with E-state index in [-0.39, 0.29) is 18.2 Å². The Morgan fingerprint density at radius 3 is 1.82 bits per heavy atom. The van der Waals surface area contributed by atoms with Gasteiger partial charge in [-0.25, -0.2) is 4.79 Å². The summed E-state index contributed by atoms with van der Waals surface area (Å²) in [6.07, 6.45) is 0.416. The van der Waals surface area contributed by atoms with Gasteiger partial charge in [-0.1, -0.05) is 80.6 Å². The van der Waals surface area contributed by atoms with E-state index in [2.05, 4.69) is 10.6 Å². The minimum absolute atomic E-state index is 0.0240. The van der Waals surface area contributed by atoms with Gasteiger partial charge in [0.1, 0.15) is 25.3 Å². The van der Waals surface area contributed by atoms with Crippen molar-refractivity contribution in [3.8, 4) is 11.5 Å². The Morgan fingerprint density at radius 2 is 1.31 bits per heavy atom. The van der Waals surface area contributed by atoms with Crippen molar-refractivity contribution in [3.05, 3.63) is 95.6 Å². The van der Waals surface area contributed by atoms with Crippen molar-refractivity contribution < 1.29 is 29.0 Å². The Kier molecular flexibility index (Phi) is 10.9. The van der Waals surface area contributed by atoms with Crippen LogP contribution < -0.4 is 20.1 Å². The molecule has 0 unspecified atom stereocenters. The molecule has 39 heavy (non-hydrogen) atoms. The Bertz CT molecular complexity index is 1230. The number of carbonyl (C=O) groups is 3. The smallest absolute Gasteiger partial charge is 0.326 e. The summed E-state index contributed by atoms with van der Waals surface area (Å²) < 4.78 is 12.1. The van der Waals surface area contributed by atoms with Crippen LogP contribution >= 0.6 is 0 Å². The van der Waals surface area contributed by atoms with Crippen LogP contribution in [-0.4, -0.2) is 35.0 Å². The predicted octanol–water partition coefficient (Wildman–Crippen LogP) is 4.51. The zero-order valence-electron chi connectivity index (χ0n) is 22.6. The van der Waals surface area contributed by atoms with Gasteiger partial charge in [-0.15, -0.1) is 0 Å². The molecule has 0 saturated heterocycles. The van der Waals surface area contributed by atoms with Gasteiger partial charge in [0.05, 0.1) is 0 Å². The third-order valence-corrected chi connectivity index (χ3v) is 5.94. The van der Waals surface area contributed by atoms with Crippen molar-refractivity contribution in [1.29, 1.82) is 0 Å². The summed E-state index contributed by atoms with van der Waals surface area (Å²) in [5.74, 6) is -0.936. The van der Waals surface area contributed by atoms with Crippen LogP contribution in [0.2, 0.25) is 0 Å². The Morgan fingerprint density at radius 1 is 0.744 bits per heavy atom. The third-order valence-electron chi connectivity index (χ3n) is 5.94. The van der Waals surface area contributed by atoms with Gasteiger partial charge in [-0.05, 0) is 41.2 Å². The number of carboxylic acids is 1. The molecule has 0 aromatic heterocycles. The highest BCUT2D eigenvalue weighted by Gasteiger charge is 2.27. The van der Waals surface area contributed by atoms with Crippen LogP contribution in [0.5, 0.6) is 11.5 Å². The molecule has 3 aromatic carbocycles. The molecule has 3 aromatic rings. The lowest BCUT2D eigenvalue weighted by Crippen LogP contribution is -2.52. The molecule has 2 atom stereocenters. The van der Waals surface area contributed by atoms with Gasteiger partial charge in [0.2, 0.25) is 11.8 Å². The molecule has 0 aliphatic rings. The quantitative estimate of drug-likeness (QED) is 0.282. The molecule has 8 nitrogen and oxygen atoms in total. The molecule has 0 aliphatic carbocycles. The van der Waals surface area contributed by atoms with Gasteiger partial charge in [0, 0.05) is 13.3 Å². The lowest BCUT2D eigenvalue weighted by molar-refractivity contribution is -0.142. The van der Waals surface area contributed by atoms with Crippen molar-refractivity contribution in [2.24, 2.45) is 5.92 Å². The number of ether oxygens (including phenoxy) is 2. The van der Waals surface area contributed by atoms with Gasteiger partial charge in [-0.2, -0.15) is 0 Å². The number of hydrogen-bond acceptors (Lipinski definition) is 5. The van der Waals surface area contributed by atoms with Crippen LogP contribution in [0.4, 0.5) is 0 Å². The van der Waals surface area contributed by atoms with E-state index in [1.165, 1.54) is 6.92 Å². The molecule has 3 N–H and O–H groups in total. The molecule has 0 saturated carbocycles. The normalized spacial score (nSPS) is 12.3. The maximum atomic E-state index is 12.9. The first kappa shape index (κ1) is 29.2. The number of amides is 2. The summed E-state index contributed by atoms with van der Waals surface area (Å²) >= 11 is 0. The van der Waals surface area contributed by atoms with E-state index >= 15 is 0 Å². The summed E-state index contributed by atoms with van der Waals surface area (Å²) in [7, 11) is 0. The summed E-state index contributed by atoms with van der Waals surface area (Å²) in [4.78, 5) is 36.6. The van der Waals surface area contributed by atoms with Crippen LogP contribution in [0.1, 0.15) is 43.9 Å². The van der Waals surface area contributed by atoms with Crippen molar-refractivity contribution in [2.45, 2.75) is 58.9 Å². The molecule has 0 bridgehead atoms. The molecule has 8 heteroatoms. The SMILES string of the molecule is CC(=O)N[C@@H](CC(C)C)C(=O)N[C@@H](Cc1ccc(OCc2ccccc2)c(OCc2ccccc2)c1)C(=O)O. The monoisotopic (exact) mass is 532 g/mol. The minimum atomic E-state index is -1.20. The fourth-order valence-electron chi connectivity index (χ4n) is 4.04. The average Bonchev–Trinajstić information content (AvgIpc) is 2.91. The summed E-state index contributed by atoms with van der Waals surface area (Å²) in [6, 6.07) is 22.7. The van der Waals surface area contributed by atoms with Crippen LogP contribution in [-0.2, 0) is 34.0 Å². The number of rotatable bonds is 14. The molecule has 0 radical (unpaired) electrons. The second kappa shape index (κ2) is 14.6. The Hall–Kier alpha value is -4.33. The van der Waals surface area contributed by atoms with E-state index in [0.29, 0.717) is 36.7 Å². The van der Waals surface area contributed by atoms with Gasteiger partial charge in [0.25, 0.3) is 0 Å². The van der Waals surface area contributed by atoms with E-state index in [9.17, 15) is 19.5 Å². The van der Waals surface area contributed by atoms with E-state index in [1.807, 2.05) is 74.5 Å². The van der Waals surface area contributed by atoms with E-state index < -0.39 is 24.0 Å². The van der Waals surface area contributed by atoms with Crippen LogP contribution in [0.25, 0.3) is 0 Å².